The fourth-order valence-corrected chi connectivity index (χ4v) is 1.45. The number of nitrogens with zero attached hydrogens (tertiary/aromatic N) is 1. The molecular weight excluding hydrogens is 232 g/mol. The summed E-state index contributed by atoms with van der Waals surface area (Å²) in [5.41, 5.74) is 5.36. The SMILES string of the molecule is COc1cccc(C(=O)N(C)C(C)(C)CN)c1O. The van der Waals surface area contributed by atoms with E-state index in [0.717, 1.165) is 0 Å². The third-order valence-electron chi connectivity index (χ3n) is 3.16. The third-order valence-corrected chi connectivity index (χ3v) is 3.16. The maximum atomic E-state index is 12.3. The molecule has 1 aromatic carbocycles. The first-order chi connectivity index (χ1) is 8.35. The molecule has 0 bridgehead atoms. The molecule has 0 aliphatic heterocycles. The van der Waals surface area contributed by atoms with Crippen molar-refractivity contribution in [3.63, 3.8) is 0 Å². The molecule has 1 rings (SSSR count). The minimum absolute atomic E-state index is 0.148. The van der Waals surface area contributed by atoms with Crippen molar-refractivity contribution >= 4 is 5.91 Å². The van der Waals surface area contributed by atoms with Crippen molar-refractivity contribution in [2.24, 2.45) is 5.73 Å². The third kappa shape index (κ3) is 2.56. The highest BCUT2D eigenvalue weighted by atomic mass is 16.5. The number of para-hydroxylation sites is 1. The van der Waals surface area contributed by atoms with Crippen LogP contribution in [0.5, 0.6) is 11.5 Å². The van der Waals surface area contributed by atoms with Gasteiger partial charge >= 0.3 is 0 Å². The normalized spacial score (nSPS) is 11.2. The number of phenolic OH excluding ortho intramolecular Hbond substituents is 1. The Morgan fingerprint density at radius 3 is 2.61 bits per heavy atom. The molecule has 100 valence electrons. The van der Waals surface area contributed by atoms with Gasteiger partial charge in [-0.2, -0.15) is 0 Å². The summed E-state index contributed by atoms with van der Waals surface area (Å²) in [7, 11) is 3.10. The van der Waals surface area contributed by atoms with Gasteiger partial charge in [0.05, 0.1) is 12.7 Å². The van der Waals surface area contributed by atoms with Crippen LogP contribution in [-0.2, 0) is 0 Å². The summed E-state index contributed by atoms with van der Waals surface area (Å²) < 4.78 is 4.98. The molecule has 0 fully saturated rings. The lowest BCUT2D eigenvalue weighted by atomic mass is 10.0. The highest BCUT2D eigenvalue weighted by molar-refractivity contribution is 5.97. The number of rotatable bonds is 4. The zero-order valence-electron chi connectivity index (χ0n) is 11.2. The highest BCUT2D eigenvalue weighted by Crippen LogP contribution is 2.31. The summed E-state index contributed by atoms with van der Waals surface area (Å²) in [5.74, 6) is -0.161. The van der Waals surface area contributed by atoms with Crippen LogP contribution < -0.4 is 10.5 Å². The monoisotopic (exact) mass is 252 g/mol. The van der Waals surface area contributed by atoms with Crippen molar-refractivity contribution in [2.75, 3.05) is 20.7 Å². The molecule has 0 aliphatic rings. The molecule has 5 heteroatoms. The first kappa shape index (κ1) is 14.3. The number of nitrogens with two attached hydrogens (primary N) is 1. The summed E-state index contributed by atoms with van der Waals surface area (Å²) >= 11 is 0. The Bertz CT molecular complexity index is 444. The molecule has 0 unspecified atom stereocenters. The standard InChI is InChI=1S/C13H20N2O3/c1-13(2,8-14)15(3)12(17)9-6-5-7-10(18-4)11(9)16/h5-7,16H,8,14H2,1-4H3. The Morgan fingerprint density at radius 2 is 2.11 bits per heavy atom. The minimum Gasteiger partial charge on any atom is -0.504 e. The van der Waals surface area contributed by atoms with Crippen LogP contribution in [0, 0.1) is 0 Å². The van der Waals surface area contributed by atoms with Gasteiger partial charge in [0, 0.05) is 19.1 Å². The molecule has 0 heterocycles. The number of aromatic hydroxyl groups is 1. The number of hydrogen-bond donors (Lipinski definition) is 2. The van der Waals surface area contributed by atoms with E-state index in [9.17, 15) is 9.90 Å². The van der Waals surface area contributed by atoms with Crippen molar-refractivity contribution in [1.82, 2.24) is 4.90 Å². The van der Waals surface area contributed by atoms with E-state index in [4.69, 9.17) is 10.5 Å². The number of amides is 1. The Kier molecular flexibility index (Phi) is 4.19. The first-order valence-electron chi connectivity index (χ1n) is 5.69. The van der Waals surface area contributed by atoms with Crippen LogP contribution in [0.15, 0.2) is 18.2 Å². The van der Waals surface area contributed by atoms with Crippen LogP contribution in [0.3, 0.4) is 0 Å². The largest absolute Gasteiger partial charge is 0.504 e. The molecule has 18 heavy (non-hydrogen) atoms. The van der Waals surface area contributed by atoms with E-state index in [-0.39, 0.29) is 23.0 Å². The smallest absolute Gasteiger partial charge is 0.257 e. The quantitative estimate of drug-likeness (QED) is 0.844. The predicted molar refractivity (Wildman–Crippen MR) is 69.9 cm³/mol. The number of ether oxygens (including phenoxy) is 1. The van der Waals surface area contributed by atoms with E-state index in [2.05, 4.69) is 0 Å². The summed E-state index contributed by atoms with van der Waals surface area (Å²) in [6, 6.07) is 4.82. The zero-order chi connectivity index (χ0) is 13.9. The van der Waals surface area contributed by atoms with Crippen molar-refractivity contribution in [1.29, 1.82) is 0 Å². The average molecular weight is 252 g/mol. The lowest BCUT2D eigenvalue weighted by Gasteiger charge is -2.34. The molecule has 0 saturated carbocycles. The van der Waals surface area contributed by atoms with Gasteiger partial charge in [0.2, 0.25) is 0 Å². The van der Waals surface area contributed by atoms with Gasteiger partial charge in [0.15, 0.2) is 11.5 Å². The van der Waals surface area contributed by atoms with Crippen molar-refractivity contribution in [3.05, 3.63) is 23.8 Å². The summed E-state index contributed by atoms with van der Waals surface area (Å²) in [5, 5.41) is 9.94. The van der Waals surface area contributed by atoms with Crippen LogP contribution in [-0.4, -0.2) is 42.2 Å². The lowest BCUT2D eigenvalue weighted by Crippen LogP contribution is -2.50. The maximum absolute atomic E-state index is 12.3. The van der Waals surface area contributed by atoms with Gasteiger partial charge in [0.1, 0.15) is 0 Å². The van der Waals surface area contributed by atoms with Crippen molar-refractivity contribution < 1.29 is 14.6 Å². The molecule has 0 saturated heterocycles. The zero-order valence-corrected chi connectivity index (χ0v) is 11.2. The summed E-state index contributed by atoms with van der Waals surface area (Å²) in [6.07, 6.45) is 0. The van der Waals surface area contributed by atoms with Crippen LogP contribution >= 0.6 is 0 Å². The van der Waals surface area contributed by atoms with E-state index in [1.54, 1.807) is 25.2 Å². The van der Waals surface area contributed by atoms with E-state index in [0.29, 0.717) is 6.54 Å². The molecule has 0 aromatic heterocycles. The van der Waals surface area contributed by atoms with Crippen molar-refractivity contribution in [2.45, 2.75) is 19.4 Å². The molecule has 3 N–H and O–H groups in total. The van der Waals surface area contributed by atoms with Crippen LogP contribution in [0.4, 0.5) is 0 Å². The lowest BCUT2D eigenvalue weighted by molar-refractivity contribution is 0.0636. The van der Waals surface area contributed by atoms with Gasteiger partial charge in [-0.25, -0.2) is 0 Å². The molecule has 5 nitrogen and oxygen atoms in total. The summed E-state index contributed by atoms with van der Waals surface area (Å²) in [6.45, 7) is 4.06. The predicted octanol–water partition coefficient (Wildman–Crippen LogP) is 1.21. The molecule has 0 radical (unpaired) electrons. The fraction of sp³-hybridized carbons (Fsp3) is 0.462. The van der Waals surface area contributed by atoms with E-state index >= 15 is 0 Å². The number of methoxy groups -OCH3 is 1. The number of phenols is 1. The first-order valence-corrected chi connectivity index (χ1v) is 5.69. The molecule has 0 atom stereocenters. The van der Waals surface area contributed by atoms with Crippen LogP contribution in [0.25, 0.3) is 0 Å². The maximum Gasteiger partial charge on any atom is 0.257 e. The van der Waals surface area contributed by atoms with Crippen LogP contribution in [0.2, 0.25) is 0 Å². The highest BCUT2D eigenvalue weighted by Gasteiger charge is 2.28. The number of carbonyl (C=O) groups excluding carboxylic acids is 1. The van der Waals surface area contributed by atoms with Crippen molar-refractivity contribution in [3.8, 4) is 11.5 Å². The number of carbonyl (C=O) groups is 1. The molecule has 0 spiro atoms. The fourth-order valence-electron chi connectivity index (χ4n) is 1.45. The Morgan fingerprint density at radius 1 is 1.50 bits per heavy atom. The summed E-state index contributed by atoms with van der Waals surface area (Å²) in [4.78, 5) is 13.8. The van der Waals surface area contributed by atoms with E-state index < -0.39 is 5.54 Å². The van der Waals surface area contributed by atoms with Gasteiger partial charge < -0.3 is 20.5 Å². The van der Waals surface area contributed by atoms with Crippen LogP contribution in [0.1, 0.15) is 24.2 Å². The van der Waals surface area contributed by atoms with E-state index in [1.165, 1.54) is 12.0 Å². The number of hydrogen-bond acceptors (Lipinski definition) is 4. The second-order valence-electron chi connectivity index (χ2n) is 4.74. The van der Waals surface area contributed by atoms with Gasteiger partial charge in [-0.3, -0.25) is 4.79 Å². The second kappa shape index (κ2) is 5.27. The van der Waals surface area contributed by atoms with Gasteiger partial charge in [0.25, 0.3) is 5.91 Å². The second-order valence-corrected chi connectivity index (χ2v) is 4.74. The Hall–Kier alpha value is -1.75. The molecule has 1 aromatic rings. The van der Waals surface area contributed by atoms with E-state index in [1.807, 2.05) is 13.8 Å². The number of likely N-dealkylation sites (N-methyl/N-ethyl adjacent to an activating group) is 1. The Balaban J connectivity index is 3.12. The van der Waals surface area contributed by atoms with Gasteiger partial charge in [-0.05, 0) is 26.0 Å². The minimum atomic E-state index is -0.480. The molecular formula is C13H20N2O3. The molecule has 0 aliphatic carbocycles. The van der Waals surface area contributed by atoms with Gasteiger partial charge in [-0.15, -0.1) is 0 Å². The topological polar surface area (TPSA) is 75.8 Å². The average Bonchev–Trinajstić information content (AvgIpc) is 2.37. The van der Waals surface area contributed by atoms with Gasteiger partial charge in [-0.1, -0.05) is 6.07 Å². The Labute approximate surface area is 107 Å². The number of benzene rings is 1. The molecule has 1 amide bonds.